The molecular weight excluding hydrogens is 318 g/mol. The topological polar surface area (TPSA) is 69.2 Å². The number of hydrogen-bond donors (Lipinski definition) is 2. The van der Waals surface area contributed by atoms with E-state index in [2.05, 4.69) is 34.4 Å². The zero-order chi connectivity index (χ0) is 18.4. The summed E-state index contributed by atoms with van der Waals surface area (Å²) >= 11 is 0. The highest BCUT2D eigenvalue weighted by atomic mass is 16.6. The molecule has 0 aromatic rings. The van der Waals surface area contributed by atoms with Crippen molar-refractivity contribution in [3.8, 4) is 0 Å². The van der Waals surface area contributed by atoms with Crippen LogP contribution >= 0.6 is 0 Å². The van der Waals surface area contributed by atoms with Crippen molar-refractivity contribution in [2.45, 2.75) is 52.7 Å². The minimum absolute atomic E-state index is 0.206. The van der Waals surface area contributed by atoms with E-state index in [-0.39, 0.29) is 6.09 Å². The van der Waals surface area contributed by atoms with Crippen LogP contribution in [0.15, 0.2) is 4.99 Å². The van der Waals surface area contributed by atoms with Gasteiger partial charge in [0.2, 0.25) is 0 Å². The van der Waals surface area contributed by atoms with Crippen molar-refractivity contribution in [1.82, 2.24) is 20.4 Å². The summed E-state index contributed by atoms with van der Waals surface area (Å²) in [5.41, 5.74) is -0.433. The molecule has 1 heterocycles. The predicted octanol–water partition coefficient (Wildman–Crippen LogP) is 1.50. The highest BCUT2D eigenvalue weighted by molar-refractivity contribution is 5.80. The number of rotatable bonds is 5. The van der Waals surface area contributed by atoms with E-state index in [4.69, 9.17) is 4.74 Å². The summed E-state index contributed by atoms with van der Waals surface area (Å²) < 4.78 is 5.43. The Bertz CT molecular complexity index is 467. The molecule has 2 rings (SSSR count). The number of nitrogens with one attached hydrogen (secondary N) is 2. The number of carbonyl (C=O) groups excluding carboxylic acids is 1. The average molecular weight is 354 g/mol. The molecule has 0 radical (unpaired) electrons. The van der Waals surface area contributed by atoms with Gasteiger partial charge in [-0.2, -0.15) is 0 Å². The molecule has 1 saturated carbocycles. The highest BCUT2D eigenvalue weighted by Crippen LogP contribution is 2.28. The lowest BCUT2D eigenvalue weighted by atomic mass is 10.2. The van der Waals surface area contributed by atoms with Crippen LogP contribution in [-0.2, 0) is 4.74 Å². The molecule has 25 heavy (non-hydrogen) atoms. The third-order valence-electron chi connectivity index (χ3n) is 4.49. The number of ether oxygens (including phenoxy) is 1. The fourth-order valence-corrected chi connectivity index (χ4v) is 2.80. The molecule has 1 aliphatic carbocycles. The Morgan fingerprint density at radius 2 is 1.88 bits per heavy atom. The maximum atomic E-state index is 12.1. The molecule has 2 N–H and O–H groups in total. The van der Waals surface area contributed by atoms with E-state index in [1.54, 1.807) is 4.90 Å². The van der Waals surface area contributed by atoms with Gasteiger partial charge in [-0.25, -0.2) is 4.79 Å². The SMILES string of the molecule is CCNC(=NCCN1CCN(C(=O)OC(C)(C)C)CC1)NC1CC1C. The predicted molar refractivity (Wildman–Crippen MR) is 101 cm³/mol. The normalized spacial score (nSPS) is 24.8. The lowest BCUT2D eigenvalue weighted by Crippen LogP contribution is -2.50. The smallest absolute Gasteiger partial charge is 0.410 e. The van der Waals surface area contributed by atoms with E-state index in [1.807, 2.05) is 20.8 Å². The van der Waals surface area contributed by atoms with E-state index >= 15 is 0 Å². The summed E-state index contributed by atoms with van der Waals surface area (Å²) in [5.74, 6) is 1.68. The number of hydrogen-bond acceptors (Lipinski definition) is 4. The van der Waals surface area contributed by atoms with Crippen LogP contribution in [0.5, 0.6) is 0 Å². The molecule has 2 fully saturated rings. The Morgan fingerprint density at radius 1 is 1.24 bits per heavy atom. The minimum Gasteiger partial charge on any atom is -0.444 e. The molecule has 1 aliphatic heterocycles. The van der Waals surface area contributed by atoms with Crippen LogP contribution in [0.25, 0.3) is 0 Å². The fraction of sp³-hybridized carbons (Fsp3) is 0.889. The van der Waals surface area contributed by atoms with Crippen molar-refractivity contribution in [3.05, 3.63) is 0 Å². The molecule has 1 amide bonds. The third-order valence-corrected chi connectivity index (χ3v) is 4.49. The van der Waals surface area contributed by atoms with Gasteiger partial charge < -0.3 is 20.3 Å². The Morgan fingerprint density at radius 3 is 2.40 bits per heavy atom. The van der Waals surface area contributed by atoms with E-state index < -0.39 is 5.60 Å². The number of piperazine rings is 1. The summed E-state index contributed by atoms with van der Waals surface area (Å²) in [7, 11) is 0. The van der Waals surface area contributed by atoms with E-state index in [0.717, 1.165) is 57.7 Å². The lowest BCUT2D eigenvalue weighted by Gasteiger charge is -2.35. The van der Waals surface area contributed by atoms with Crippen molar-refractivity contribution in [2.75, 3.05) is 45.8 Å². The molecule has 7 heteroatoms. The van der Waals surface area contributed by atoms with Gasteiger partial charge in [0.25, 0.3) is 0 Å². The van der Waals surface area contributed by atoms with Gasteiger partial charge in [-0.15, -0.1) is 0 Å². The highest BCUT2D eigenvalue weighted by Gasteiger charge is 2.33. The second kappa shape index (κ2) is 8.74. The number of carbonyl (C=O) groups is 1. The zero-order valence-electron chi connectivity index (χ0n) is 16.5. The first-order valence-electron chi connectivity index (χ1n) is 9.53. The number of aliphatic imine (C=N–C) groups is 1. The molecule has 2 atom stereocenters. The molecule has 2 aliphatic rings. The molecule has 1 saturated heterocycles. The first-order chi connectivity index (χ1) is 11.8. The summed E-state index contributed by atoms with van der Waals surface area (Å²) in [4.78, 5) is 20.9. The van der Waals surface area contributed by atoms with Gasteiger partial charge in [0, 0.05) is 45.3 Å². The van der Waals surface area contributed by atoms with Crippen LogP contribution in [0, 0.1) is 5.92 Å². The lowest BCUT2D eigenvalue weighted by molar-refractivity contribution is 0.0148. The Hall–Kier alpha value is -1.50. The molecule has 7 nitrogen and oxygen atoms in total. The summed E-state index contributed by atoms with van der Waals surface area (Å²) in [6, 6.07) is 0.579. The van der Waals surface area contributed by atoms with Crippen molar-refractivity contribution < 1.29 is 9.53 Å². The monoisotopic (exact) mass is 353 g/mol. The van der Waals surface area contributed by atoms with Gasteiger partial charge in [0.1, 0.15) is 5.60 Å². The second-order valence-corrected chi connectivity index (χ2v) is 8.03. The summed E-state index contributed by atoms with van der Waals surface area (Å²) in [6.45, 7) is 15.8. The maximum Gasteiger partial charge on any atom is 0.410 e. The van der Waals surface area contributed by atoms with E-state index in [0.29, 0.717) is 6.04 Å². The first-order valence-corrected chi connectivity index (χ1v) is 9.53. The molecule has 0 aromatic heterocycles. The van der Waals surface area contributed by atoms with Crippen molar-refractivity contribution in [1.29, 1.82) is 0 Å². The van der Waals surface area contributed by atoms with Gasteiger partial charge >= 0.3 is 6.09 Å². The minimum atomic E-state index is -0.433. The van der Waals surface area contributed by atoms with Crippen LogP contribution in [0.1, 0.15) is 41.0 Å². The Kier molecular flexibility index (Phi) is 6.93. The Balaban J connectivity index is 1.68. The number of nitrogens with zero attached hydrogens (tertiary/aromatic N) is 3. The molecule has 2 unspecified atom stereocenters. The first kappa shape index (κ1) is 19.8. The fourth-order valence-electron chi connectivity index (χ4n) is 2.80. The van der Waals surface area contributed by atoms with Gasteiger partial charge in [0.15, 0.2) is 5.96 Å². The van der Waals surface area contributed by atoms with Crippen molar-refractivity contribution in [2.24, 2.45) is 10.9 Å². The van der Waals surface area contributed by atoms with Crippen LogP contribution in [0.4, 0.5) is 4.79 Å². The molecule has 0 spiro atoms. The largest absolute Gasteiger partial charge is 0.444 e. The third kappa shape index (κ3) is 7.10. The molecular formula is C18H35N5O2. The van der Waals surface area contributed by atoms with Gasteiger partial charge in [0.05, 0.1) is 6.54 Å². The van der Waals surface area contributed by atoms with Crippen molar-refractivity contribution in [3.63, 3.8) is 0 Å². The van der Waals surface area contributed by atoms with Crippen molar-refractivity contribution >= 4 is 12.1 Å². The van der Waals surface area contributed by atoms with E-state index in [9.17, 15) is 4.79 Å². The summed E-state index contributed by atoms with van der Waals surface area (Å²) in [6.07, 6.45) is 1.03. The van der Waals surface area contributed by atoms with Gasteiger partial charge in [-0.3, -0.25) is 9.89 Å². The number of guanidine groups is 1. The standard InChI is InChI=1S/C18H35N5O2/c1-6-19-16(21-15-13-14(15)2)20-7-8-22-9-11-23(12-10-22)17(24)25-18(3,4)5/h14-15H,6-13H2,1-5H3,(H2,19,20,21). The van der Waals surface area contributed by atoms with Crippen LogP contribution in [-0.4, -0.2) is 79.3 Å². The van der Waals surface area contributed by atoms with Crippen LogP contribution < -0.4 is 10.6 Å². The van der Waals surface area contributed by atoms with E-state index in [1.165, 1.54) is 6.42 Å². The quantitative estimate of drug-likeness (QED) is 0.579. The Labute approximate surface area is 152 Å². The molecule has 144 valence electrons. The second-order valence-electron chi connectivity index (χ2n) is 8.03. The molecule has 0 bridgehead atoms. The zero-order valence-corrected chi connectivity index (χ0v) is 16.5. The van der Waals surface area contributed by atoms with Crippen LogP contribution in [0.3, 0.4) is 0 Å². The van der Waals surface area contributed by atoms with Gasteiger partial charge in [-0.1, -0.05) is 6.92 Å². The number of amides is 1. The molecule has 0 aromatic carbocycles. The maximum absolute atomic E-state index is 12.1. The van der Waals surface area contributed by atoms with Crippen LogP contribution in [0.2, 0.25) is 0 Å². The average Bonchev–Trinajstić information content (AvgIpc) is 3.21. The van der Waals surface area contributed by atoms with Gasteiger partial charge in [-0.05, 0) is 40.0 Å². The summed E-state index contributed by atoms with van der Waals surface area (Å²) in [5, 5.41) is 6.78.